The molecule has 1 aromatic heterocycles. The van der Waals surface area contributed by atoms with E-state index in [-0.39, 0.29) is 5.82 Å². The number of aromatic nitrogens is 1. The van der Waals surface area contributed by atoms with Crippen LogP contribution in [-0.4, -0.2) is 11.0 Å². The van der Waals surface area contributed by atoms with Crippen LogP contribution in [0, 0.1) is 5.82 Å². The molecule has 3 rings (SSSR count). The van der Waals surface area contributed by atoms with Crippen molar-refractivity contribution < 1.29 is 4.39 Å². The second-order valence-electron chi connectivity index (χ2n) is 5.42. The van der Waals surface area contributed by atoms with Gasteiger partial charge in [-0.05, 0) is 37.5 Å². The Morgan fingerprint density at radius 1 is 1.43 bits per heavy atom. The van der Waals surface area contributed by atoms with Crippen molar-refractivity contribution in [2.75, 3.05) is 0 Å². The van der Waals surface area contributed by atoms with Crippen molar-refractivity contribution in [1.82, 2.24) is 10.3 Å². The average Bonchev–Trinajstić information content (AvgIpc) is 3.19. The molecular formula is C16H18ClFN2S. The van der Waals surface area contributed by atoms with Gasteiger partial charge in [-0.2, -0.15) is 0 Å². The molecule has 1 fully saturated rings. The summed E-state index contributed by atoms with van der Waals surface area (Å²) in [4.78, 5) is 6.01. The second kappa shape index (κ2) is 6.42. The molecule has 112 valence electrons. The lowest BCUT2D eigenvalue weighted by Gasteiger charge is -2.01. The molecular weight excluding hydrogens is 307 g/mol. The summed E-state index contributed by atoms with van der Waals surface area (Å²) in [6.45, 7) is 3.03. The molecule has 1 aliphatic rings. The van der Waals surface area contributed by atoms with Crippen LogP contribution in [0.15, 0.2) is 18.2 Å². The molecule has 0 aliphatic heterocycles. The number of nitrogens with one attached hydrogen (secondary N) is 1. The Kier molecular flexibility index (Phi) is 4.57. The Balaban J connectivity index is 1.88. The van der Waals surface area contributed by atoms with Crippen LogP contribution in [0.2, 0.25) is 5.02 Å². The Hall–Kier alpha value is -0.970. The number of thiazole rings is 1. The standard InChI is InChI=1S/C16H18ClFN2S/c1-2-3-14-15(9-19-11-5-6-11)21-16(20-14)12-7-4-10(18)8-13(12)17/h4,7-8,11,19H,2-3,5-6,9H2,1H3. The molecule has 1 heterocycles. The highest BCUT2D eigenvalue weighted by Crippen LogP contribution is 2.34. The van der Waals surface area contributed by atoms with Crippen LogP contribution in [-0.2, 0) is 13.0 Å². The first-order valence-electron chi connectivity index (χ1n) is 7.34. The SMILES string of the molecule is CCCc1nc(-c2ccc(F)cc2Cl)sc1CNC1CC1. The Labute approximate surface area is 133 Å². The predicted molar refractivity (Wildman–Crippen MR) is 86.4 cm³/mol. The molecule has 1 aliphatic carbocycles. The zero-order valence-electron chi connectivity index (χ0n) is 12.0. The van der Waals surface area contributed by atoms with E-state index in [2.05, 4.69) is 12.2 Å². The lowest BCUT2D eigenvalue weighted by atomic mass is 10.2. The number of hydrogen-bond acceptors (Lipinski definition) is 3. The number of benzene rings is 1. The normalized spacial score (nSPS) is 14.6. The van der Waals surface area contributed by atoms with Crippen LogP contribution in [0.4, 0.5) is 4.39 Å². The van der Waals surface area contributed by atoms with Gasteiger partial charge in [-0.25, -0.2) is 9.37 Å². The molecule has 1 aromatic carbocycles. The maximum absolute atomic E-state index is 13.2. The molecule has 1 N–H and O–H groups in total. The van der Waals surface area contributed by atoms with E-state index in [0.29, 0.717) is 11.1 Å². The van der Waals surface area contributed by atoms with Gasteiger partial charge in [0.25, 0.3) is 0 Å². The van der Waals surface area contributed by atoms with Crippen molar-refractivity contribution in [3.05, 3.63) is 39.6 Å². The highest BCUT2D eigenvalue weighted by molar-refractivity contribution is 7.15. The number of rotatable bonds is 6. The molecule has 5 heteroatoms. The Bertz CT molecular complexity index is 637. The molecule has 2 nitrogen and oxygen atoms in total. The fourth-order valence-electron chi connectivity index (χ4n) is 2.26. The van der Waals surface area contributed by atoms with Crippen LogP contribution in [0.25, 0.3) is 10.6 Å². The topological polar surface area (TPSA) is 24.9 Å². The largest absolute Gasteiger partial charge is 0.309 e. The minimum Gasteiger partial charge on any atom is -0.309 e. The summed E-state index contributed by atoms with van der Waals surface area (Å²) < 4.78 is 13.2. The number of aryl methyl sites for hydroxylation is 1. The third-order valence-electron chi connectivity index (χ3n) is 3.56. The first-order chi connectivity index (χ1) is 10.2. The van der Waals surface area contributed by atoms with Gasteiger partial charge in [-0.1, -0.05) is 24.9 Å². The van der Waals surface area contributed by atoms with Gasteiger partial charge in [0.2, 0.25) is 0 Å². The molecule has 2 aromatic rings. The second-order valence-corrected chi connectivity index (χ2v) is 6.91. The van der Waals surface area contributed by atoms with Crippen LogP contribution in [0.5, 0.6) is 0 Å². The number of halogens is 2. The van der Waals surface area contributed by atoms with E-state index in [1.807, 2.05) is 0 Å². The van der Waals surface area contributed by atoms with E-state index in [1.165, 1.54) is 29.9 Å². The van der Waals surface area contributed by atoms with Crippen molar-refractivity contribution >= 4 is 22.9 Å². The molecule has 21 heavy (non-hydrogen) atoms. The summed E-state index contributed by atoms with van der Waals surface area (Å²) in [6.07, 6.45) is 4.59. The maximum Gasteiger partial charge on any atom is 0.125 e. The van der Waals surface area contributed by atoms with E-state index in [0.717, 1.165) is 35.7 Å². The molecule has 0 saturated heterocycles. The third-order valence-corrected chi connectivity index (χ3v) is 5.00. The highest BCUT2D eigenvalue weighted by atomic mass is 35.5. The van der Waals surface area contributed by atoms with Gasteiger partial charge in [0.1, 0.15) is 10.8 Å². The minimum atomic E-state index is -0.315. The van der Waals surface area contributed by atoms with Gasteiger partial charge in [0, 0.05) is 23.0 Å². The summed E-state index contributed by atoms with van der Waals surface area (Å²) in [7, 11) is 0. The monoisotopic (exact) mass is 324 g/mol. The van der Waals surface area contributed by atoms with Crippen molar-refractivity contribution in [2.24, 2.45) is 0 Å². The average molecular weight is 325 g/mol. The molecule has 0 atom stereocenters. The summed E-state index contributed by atoms with van der Waals surface area (Å²) in [6, 6.07) is 5.17. The van der Waals surface area contributed by atoms with Crippen molar-refractivity contribution in [1.29, 1.82) is 0 Å². The molecule has 0 unspecified atom stereocenters. The van der Waals surface area contributed by atoms with Gasteiger partial charge >= 0.3 is 0 Å². The first kappa shape index (κ1) is 14.9. The Morgan fingerprint density at radius 2 is 2.24 bits per heavy atom. The van der Waals surface area contributed by atoms with E-state index in [1.54, 1.807) is 17.4 Å². The van der Waals surface area contributed by atoms with Gasteiger partial charge in [-0.15, -0.1) is 11.3 Å². The van der Waals surface area contributed by atoms with E-state index in [4.69, 9.17) is 16.6 Å². The molecule has 0 spiro atoms. The molecule has 0 radical (unpaired) electrons. The lowest BCUT2D eigenvalue weighted by Crippen LogP contribution is -2.15. The molecule has 1 saturated carbocycles. The summed E-state index contributed by atoms with van der Waals surface area (Å²) in [5, 5.41) is 4.85. The zero-order valence-corrected chi connectivity index (χ0v) is 13.5. The predicted octanol–water partition coefficient (Wildman–Crippen LogP) is 4.81. The van der Waals surface area contributed by atoms with Crippen molar-refractivity contribution in [3.8, 4) is 10.6 Å². The van der Waals surface area contributed by atoms with Gasteiger partial charge in [-0.3, -0.25) is 0 Å². The lowest BCUT2D eigenvalue weighted by molar-refractivity contribution is 0.628. The van der Waals surface area contributed by atoms with Crippen molar-refractivity contribution in [2.45, 2.75) is 45.2 Å². The molecule has 0 amide bonds. The highest BCUT2D eigenvalue weighted by Gasteiger charge is 2.22. The van der Waals surface area contributed by atoms with E-state index < -0.39 is 0 Å². The first-order valence-corrected chi connectivity index (χ1v) is 8.54. The fraction of sp³-hybridized carbons (Fsp3) is 0.438. The van der Waals surface area contributed by atoms with Crippen molar-refractivity contribution in [3.63, 3.8) is 0 Å². The molecule has 0 bridgehead atoms. The van der Waals surface area contributed by atoms with Gasteiger partial charge < -0.3 is 5.32 Å². The maximum atomic E-state index is 13.2. The van der Waals surface area contributed by atoms with Crippen LogP contribution >= 0.6 is 22.9 Å². The number of nitrogens with zero attached hydrogens (tertiary/aromatic N) is 1. The zero-order chi connectivity index (χ0) is 14.8. The quantitative estimate of drug-likeness (QED) is 0.825. The van der Waals surface area contributed by atoms with E-state index >= 15 is 0 Å². The minimum absolute atomic E-state index is 0.315. The van der Waals surface area contributed by atoms with Crippen LogP contribution in [0.1, 0.15) is 36.8 Å². The smallest absolute Gasteiger partial charge is 0.125 e. The van der Waals surface area contributed by atoms with Crippen LogP contribution < -0.4 is 5.32 Å². The van der Waals surface area contributed by atoms with Gasteiger partial charge in [0.15, 0.2) is 0 Å². The van der Waals surface area contributed by atoms with Gasteiger partial charge in [0.05, 0.1) is 10.7 Å². The van der Waals surface area contributed by atoms with E-state index in [9.17, 15) is 4.39 Å². The fourth-order valence-corrected chi connectivity index (χ4v) is 3.67. The third kappa shape index (κ3) is 3.62. The Morgan fingerprint density at radius 3 is 2.90 bits per heavy atom. The summed E-state index contributed by atoms with van der Waals surface area (Å²) >= 11 is 7.81. The number of hydrogen-bond donors (Lipinski definition) is 1. The summed E-state index contributed by atoms with van der Waals surface area (Å²) in [5.41, 5.74) is 1.96. The van der Waals surface area contributed by atoms with Crippen LogP contribution in [0.3, 0.4) is 0 Å². The summed E-state index contributed by atoms with van der Waals surface area (Å²) in [5.74, 6) is -0.315.